The van der Waals surface area contributed by atoms with E-state index >= 15 is 0 Å². The summed E-state index contributed by atoms with van der Waals surface area (Å²) in [6.45, 7) is -0.232. The van der Waals surface area contributed by atoms with Crippen LogP contribution in [0.2, 0.25) is 0 Å². The molecule has 0 amide bonds. The summed E-state index contributed by atoms with van der Waals surface area (Å²) in [6.07, 6.45) is -1.64. The highest BCUT2D eigenvalue weighted by Crippen LogP contribution is 1.89. The van der Waals surface area contributed by atoms with Crippen LogP contribution in [0.1, 0.15) is 6.42 Å². The molecule has 10 heavy (non-hydrogen) atoms. The molecule has 0 aromatic rings. The molecular formula is C4H6N3O3-. The minimum absolute atomic E-state index is 0.232. The molecule has 0 aromatic heterocycles. The van der Waals surface area contributed by atoms with Gasteiger partial charge in [0.05, 0.1) is 12.6 Å². The Hall–Kier alpha value is -1.26. The Morgan fingerprint density at radius 1 is 1.90 bits per heavy atom. The third kappa shape index (κ3) is 4.89. The van der Waals surface area contributed by atoms with Crippen molar-refractivity contribution in [1.82, 2.24) is 0 Å². The average Bonchev–Trinajstić information content (AvgIpc) is 1.82. The molecule has 0 fully saturated rings. The van der Waals surface area contributed by atoms with E-state index in [9.17, 15) is 9.90 Å². The van der Waals surface area contributed by atoms with Gasteiger partial charge < -0.3 is 15.0 Å². The predicted octanol–water partition coefficient (Wildman–Crippen LogP) is -1.20. The molecule has 56 valence electrons. The number of aliphatic hydroxyl groups excluding tert-OH is 1. The maximum absolute atomic E-state index is 9.77. The average molecular weight is 144 g/mol. The van der Waals surface area contributed by atoms with Gasteiger partial charge in [-0.1, -0.05) is 5.11 Å². The van der Waals surface area contributed by atoms with Gasteiger partial charge in [0, 0.05) is 17.3 Å². The number of hydrogen-bond acceptors (Lipinski definition) is 4. The largest absolute Gasteiger partial charge is 0.550 e. The van der Waals surface area contributed by atoms with Crippen LogP contribution in [0.4, 0.5) is 0 Å². The smallest absolute Gasteiger partial charge is 0.0648 e. The molecule has 0 saturated carbocycles. The molecule has 0 bridgehead atoms. The van der Waals surface area contributed by atoms with Crippen LogP contribution in [-0.2, 0) is 4.79 Å². The molecule has 6 heteroatoms. The molecule has 0 heterocycles. The monoisotopic (exact) mass is 144 g/mol. The van der Waals surface area contributed by atoms with E-state index in [-0.39, 0.29) is 6.54 Å². The van der Waals surface area contributed by atoms with Crippen molar-refractivity contribution >= 4 is 5.97 Å². The van der Waals surface area contributed by atoms with Crippen molar-refractivity contribution in [3.8, 4) is 0 Å². The number of carbonyl (C=O) groups is 1. The van der Waals surface area contributed by atoms with Gasteiger partial charge in [-0.05, 0) is 5.53 Å². The topological polar surface area (TPSA) is 109 Å². The first kappa shape index (κ1) is 8.74. The Kier molecular flexibility index (Phi) is 4.02. The Bertz CT molecular complexity index is 159. The van der Waals surface area contributed by atoms with Crippen LogP contribution in [0.25, 0.3) is 10.4 Å². The number of rotatable bonds is 4. The van der Waals surface area contributed by atoms with Crippen molar-refractivity contribution in [1.29, 1.82) is 0 Å². The SMILES string of the molecule is [N-]=[N+]=NC[C@H](O)CC(=O)[O-]. The summed E-state index contributed by atoms with van der Waals surface area (Å²) in [5.74, 6) is -1.36. The lowest BCUT2D eigenvalue weighted by atomic mass is 10.3. The van der Waals surface area contributed by atoms with E-state index < -0.39 is 18.5 Å². The van der Waals surface area contributed by atoms with Gasteiger partial charge in [0.2, 0.25) is 0 Å². The van der Waals surface area contributed by atoms with Crippen LogP contribution in [0.5, 0.6) is 0 Å². The quantitative estimate of drug-likeness (QED) is 0.304. The fraction of sp³-hybridized carbons (Fsp3) is 0.750. The molecule has 0 saturated heterocycles. The third-order valence-electron chi connectivity index (χ3n) is 0.758. The van der Waals surface area contributed by atoms with Crippen LogP contribution >= 0.6 is 0 Å². The second-order valence-electron chi connectivity index (χ2n) is 1.64. The summed E-state index contributed by atoms with van der Waals surface area (Å²) in [4.78, 5) is 12.1. The van der Waals surface area contributed by atoms with E-state index in [2.05, 4.69) is 10.0 Å². The number of aliphatic hydroxyl groups is 1. The van der Waals surface area contributed by atoms with Crippen molar-refractivity contribution in [2.75, 3.05) is 6.54 Å². The van der Waals surface area contributed by atoms with E-state index in [1.54, 1.807) is 0 Å². The highest BCUT2D eigenvalue weighted by atomic mass is 16.4. The Balaban J connectivity index is 3.52. The van der Waals surface area contributed by atoms with Crippen molar-refractivity contribution in [3.05, 3.63) is 10.4 Å². The molecule has 0 rings (SSSR count). The van der Waals surface area contributed by atoms with Crippen LogP contribution in [-0.4, -0.2) is 23.7 Å². The van der Waals surface area contributed by atoms with E-state index in [1.165, 1.54) is 0 Å². The Labute approximate surface area is 56.7 Å². The highest BCUT2D eigenvalue weighted by Gasteiger charge is 2.00. The lowest BCUT2D eigenvalue weighted by molar-refractivity contribution is -0.307. The zero-order valence-corrected chi connectivity index (χ0v) is 5.10. The van der Waals surface area contributed by atoms with E-state index in [0.717, 1.165) is 0 Å². The number of hydrogen-bond donors (Lipinski definition) is 1. The first-order valence-electron chi connectivity index (χ1n) is 2.55. The standard InChI is InChI=1S/C4H7N3O3/c5-7-6-2-3(8)1-4(9)10/h3,8H,1-2H2,(H,9,10)/p-1/t3-/m1/s1. The van der Waals surface area contributed by atoms with Gasteiger partial charge in [-0.2, -0.15) is 0 Å². The van der Waals surface area contributed by atoms with Gasteiger partial charge in [0.15, 0.2) is 0 Å². The molecule has 0 aliphatic rings. The second kappa shape index (κ2) is 4.60. The molecular weight excluding hydrogens is 138 g/mol. The molecule has 0 aliphatic heterocycles. The molecule has 6 nitrogen and oxygen atoms in total. The van der Waals surface area contributed by atoms with Gasteiger partial charge >= 0.3 is 0 Å². The molecule has 0 unspecified atom stereocenters. The summed E-state index contributed by atoms with van der Waals surface area (Å²) in [5.41, 5.74) is 7.73. The highest BCUT2D eigenvalue weighted by molar-refractivity contribution is 5.64. The second-order valence-corrected chi connectivity index (χ2v) is 1.64. The zero-order valence-electron chi connectivity index (χ0n) is 5.10. The number of nitrogens with zero attached hydrogens (tertiary/aromatic N) is 3. The summed E-state index contributed by atoms with van der Waals surface area (Å²) in [5, 5.41) is 21.4. The zero-order chi connectivity index (χ0) is 7.98. The molecule has 0 radical (unpaired) electrons. The normalized spacial score (nSPS) is 11.7. The lowest BCUT2D eigenvalue weighted by Gasteiger charge is -2.05. The maximum Gasteiger partial charge on any atom is 0.0648 e. The molecule has 1 atom stereocenters. The van der Waals surface area contributed by atoms with Crippen LogP contribution < -0.4 is 5.11 Å². The minimum atomic E-state index is -1.36. The number of azide groups is 1. The first-order valence-corrected chi connectivity index (χ1v) is 2.55. The molecule has 0 spiro atoms. The summed E-state index contributed by atoms with van der Waals surface area (Å²) in [6, 6.07) is 0. The number of carboxylic acids is 1. The van der Waals surface area contributed by atoms with Crippen molar-refractivity contribution < 1.29 is 15.0 Å². The number of carboxylic acid groups (broad SMARTS) is 1. The fourth-order valence-electron chi connectivity index (χ4n) is 0.388. The van der Waals surface area contributed by atoms with Gasteiger partial charge in [0.25, 0.3) is 0 Å². The summed E-state index contributed by atoms with van der Waals surface area (Å²) < 4.78 is 0. The lowest BCUT2D eigenvalue weighted by Crippen LogP contribution is -2.28. The van der Waals surface area contributed by atoms with Gasteiger partial charge in [0.1, 0.15) is 0 Å². The fourth-order valence-corrected chi connectivity index (χ4v) is 0.388. The van der Waals surface area contributed by atoms with E-state index in [4.69, 9.17) is 10.6 Å². The summed E-state index contributed by atoms with van der Waals surface area (Å²) in [7, 11) is 0. The third-order valence-corrected chi connectivity index (χ3v) is 0.758. The van der Waals surface area contributed by atoms with Gasteiger partial charge in [-0.3, -0.25) is 0 Å². The molecule has 0 aliphatic carbocycles. The van der Waals surface area contributed by atoms with Crippen LogP contribution in [0, 0.1) is 0 Å². The van der Waals surface area contributed by atoms with Crippen molar-refractivity contribution in [2.24, 2.45) is 5.11 Å². The summed E-state index contributed by atoms with van der Waals surface area (Å²) >= 11 is 0. The van der Waals surface area contributed by atoms with Gasteiger partial charge in [-0.25, -0.2) is 0 Å². The minimum Gasteiger partial charge on any atom is -0.550 e. The predicted molar refractivity (Wildman–Crippen MR) is 29.6 cm³/mol. The number of carbonyl (C=O) groups excluding carboxylic acids is 1. The van der Waals surface area contributed by atoms with Crippen molar-refractivity contribution in [2.45, 2.75) is 12.5 Å². The first-order chi connectivity index (χ1) is 4.66. The molecule has 0 aromatic carbocycles. The maximum atomic E-state index is 9.77. The van der Waals surface area contributed by atoms with Gasteiger partial charge in [-0.15, -0.1) is 0 Å². The Morgan fingerprint density at radius 3 is 2.90 bits per heavy atom. The molecule has 1 N–H and O–H groups in total. The van der Waals surface area contributed by atoms with Crippen LogP contribution in [0.15, 0.2) is 5.11 Å². The number of aliphatic carboxylic acids is 1. The van der Waals surface area contributed by atoms with E-state index in [1.807, 2.05) is 0 Å². The van der Waals surface area contributed by atoms with E-state index in [0.29, 0.717) is 0 Å². The van der Waals surface area contributed by atoms with Crippen molar-refractivity contribution in [3.63, 3.8) is 0 Å². The van der Waals surface area contributed by atoms with Crippen LogP contribution in [0.3, 0.4) is 0 Å². The Morgan fingerprint density at radius 2 is 2.50 bits per heavy atom.